The maximum atomic E-state index is 12.6. The van der Waals surface area contributed by atoms with Gasteiger partial charge in [0.15, 0.2) is 5.13 Å². The largest absolute Gasteiger partial charge is 0.379 e. The Hall–Kier alpha value is -1.81. The van der Waals surface area contributed by atoms with Crippen LogP contribution in [0.4, 0.5) is 5.13 Å². The summed E-state index contributed by atoms with van der Waals surface area (Å²) in [7, 11) is -3.49. The van der Waals surface area contributed by atoms with E-state index in [1.807, 2.05) is 13.8 Å². The topological polar surface area (TPSA) is 88.6 Å². The van der Waals surface area contributed by atoms with Crippen molar-refractivity contribution in [3.8, 4) is 0 Å². The molecule has 0 atom stereocenters. The zero-order valence-electron chi connectivity index (χ0n) is 15.4. The van der Waals surface area contributed by atoms with Crippen molar-refractivity contribution in [3.63, 3.8) is 0 Å². The van der Waals surface area contributed by atoms with Crippen molar-refractivity contribution in [2.24, 2.45) is 0 Å². The molecule has 0 bridgehead atoms. The Morgan fingerprint density at radius 2 is 1.89 bits per heavy atom. The second kappa shape index (κ2) is 8.47. The summed E-state index contributed by atoms with van der Waals surface area (Å²) >= 11 is 1.46. The fourth-order valence-corrected chi connectivity index (χ4v) is 4.97. The summed E-state index contributed by atoms with van der Waals surface area (Å²) in [5, 5.41) is 3.42. The van der Waals surface area contributed by atoms with Gasteiger partial charge in [0, 0.05) is 24.4 Å². The van der Waals surface area contributed by atoms with E-state index in [0.29, 0.717) is 44.3 Å². The highest BCUT2D eigenvalue weighted by Crippen LogP contribution is 2.22. The molecule has 0 saturated carbocycles. The van der Waals surface area contributed by atoms with Crippen LogP contribution in [0.2, 0.25) is 0 Å². The fourth-order valence-electron chi connectivity index (χ4n) is 2.73. The molecule has 2 heterocycles. The number of nitrogens with zero attached hydrogens (tertiary/aromatic N) is 2. The van der Waals surface area contributed by atoms with Crippen LogP contribution in [0.3, 0.4) is 0 Å². The average molecular weight is 410 g/mol. The Labute approximate surface area is 163 Å². The highest BCUT2D eigenvalue weighted by Gasteiger charge is 2.26. The molecule has 1 aliphatic heterocycles. The van der Waals surface area contributed by atoms with Crippen LogP contribution in [-0.4, -0.2) is 49.9 Å². The molecule has 1 aromatic carbocycles. The lowest BCUT2D eigenvalue weighted by atomic mass is 10.1. The van der Waals surface area contributed by atoms with Crippen LogP contribution in [0, 0.1) is 13.8 Å². The van der Waals surface area contributed by atoms with Gasteiger partial charge in [0.25, 0.3) is 0 Å². The predicted molar refractivity (Wildman–Crippen MR) is 105 cm³/mol. The first kappa shape index (κ1) is 19.9. The number of hydrogen-bond acceptors (Lipinski definition) is 6. The molecule has 1 aromatic heterocycles. The van der Waals surface area contributed by atoms with Crippen LogP contribution < -0.4 is 5.32 Å². The van der Waals surface area contributed by atoms with Gasteiger partial charge >= 0.3 is 0 Å². The molecule has 0 aliphatic carbocycles. The van der Waals surface area contributed by atoms with E-state index in [4.69, 9.17) is 4.74 Å². The summed E-state index contributed by atoms with van der Waals surface area (Å²) in [5.74, 6) is -0.103. The van der Waals surface area contributed by atoms with Crippen molar-refractivity contribution in [1.82, 2.24) is 9.29 Å². The number of rotatable bonds is 6. The third-order valence-electron chi connectivity index (χ3n) is 4.45. The minimum Gasteiger partial charge on any atom is -0.379 e. The van der Waals surface area contributed by atoms with E-state index >= 15 is 0 Å². The van der Waals surface area contributed by atoms with Gasteiger partial charge in [0.2, 0.25) is 15.9 Å². The lowest BCUT2D eigenvalue weighted by Crippen LogP contribution is -2.40. The van der Waals surface area contributed by atoms with E-state index in [9.17, 15) is 13.2 Å². The van der Waals surface area contributed by atoms with E-state index in [0.717, 1.165) is 16.1 Å². The van der Waals surface area contributed by atoms with E-state index in [1.54, 1.807) is 24.3 Å². The Bertz CT molecular complexity index is 882. The number of anilines is 1. The second-order valence-electron chi connectivity index (χ2n) is 6.37. The number of sulfonamides is 1. The zero-order chi connectivity index (χ0) is 19.4. The number of benzene rings is 1. The lowest BCUT2D eigenvalue weighted by Gasteiger charge is -2.26. The Morgan fingerprint density at radius 1 is 1.22 bits per heavy atom. The summed E-state index contributed by atoms with van der Waals surface area (Å²) in [6, 6.07) is 6.73. The SMILES string of the molecule is Cc1nc(NC(=O)CCc2ccc(S(=O)(=O)N3CCOCC3)cc2)sc1C. The summed E-state index contributed by atoms with van der Waals surface area (Å²) in [6.07, 6.45) is 0.848. The Balaban J connectivity index is 1.56. The van der Waals surface area contributed by atoms with Crippen LogP contribution in [0.1, 0.15) is 22.6 Å². The highest BCUT2D eigenvalue weighted by atomic mass is 32.2. The molecule has 1 amide bonds. The molecule has 1 saturated heterocycles. The van der Waals surface area contributed by atoms with Gasteiger partial charge in [-0.3, -0.25) is 4.79 Å². The normalized spacial score (nSPS) is 15.6. The molecular weight excluding hydrogens is 386 g/mol. The smallest absolute Gasteiger partial charge is 0.243 e. The molecule has 0 unspecified atom stereocenters. The molecular formula is C18H23N3O4S2. The molecule has 146 valence electrons. The predicted octanol–water partition coefficient (Wildman–Crippen LogP) is 2.35. The highest BCUT2D eigenvalue weighted by molar-refractivity contribution is 7.89. The number of morpholine rings is 1. The number of ether oxygens (including phenoxy) is 1. The summed E-state index contributed by atoms with van der Waals surface area (Å²) in [4.78, 5) is 17.7. The molecule has 7 nitrogen and oxygen atoms in total. The molecule has 1 fully saturated rings. The van der Waals surface area contributed by atoms with Gasteiger partial charge in [0.1, 0.15) is 0 Å². The van der Waals surface area contributed by atoms with Crippen LogP contribution in [-0.2, 0) is 26.0 Å². The van der Waals surface area contributed by atoms with Crippen molar-refractivity contribution < 1.29 is 17.9 Å². The third-order valence-corrected chi connectivity index (χ3v) is 7.35. The van der Waals surface area contributed by atoms with Crippen molar-refractivity contribution >= 4 is 32.4 Å². The molecule has 1 aliphatic rings. The number of carbonyl (C=O) groups excluding carboxylic acids is 1. The molecule has 27 heavy (non-hydrogen) atoms. The number of amides is 1. The van der Waals surface area contributed by atoms with Crippen molar-refractivity contribution in [2.75, 3.05) is 31.6 Å². The first-order valence-electron chi connectivity index (χ1n) is 8.77. The van der Waals surface area contributed by atoms with Gasteiger partial charge in [0.05, 0.1) is 23.8 Å². The minimum atomic E-state index is -3.49. The average Bonchev–Trinajstić information content (AvgIpc) is 2.98. The molecule has 2 aromatic rings. The number of nitrogens with one attached hydrogen (secondary N) is 1. The zero-order valence-corrected chi connectivity index (χ0v) is 17.0. The number of aryl methyl sites for hydroxylation is 3. The van der Waals surface area contributed by atoms with Gasteiger partial charge in [-0.05, 0) is 38.0 Å². The van der Waals surface area contributed by atoms with Crippen LogP contribution in [0.15, 0.2) is 29.2 Å². The molecule has 0 spiro atoms. The Morgan fingerprint density at radius 3 is 2.48 bits per heavy atom. The number of hydrogen-bond donors (Lipinski definition) is 1. The molecule has 1 N–H and O–H groups in total. The molecule has 9 heteroatoms. The molecule has 0 radical (unpaired) electrons. The van der Waals surface area contributed by atoms with Crippen molar-refractivity contribution in [3.05, 3.63) is 40.4 Å². The van der Waals surface area contributed by atoms with Gasteiger partial charge in [-0.1, -0.05) is 12.1 Å². The van der Waals surface area contributed by atoms with E-state index in [-0.39, 0.29) is 10.8 Å². The second-order valence-corrected chi connectivity index (χ2v) is 9.51. The van der Waals surface area contributed by atoms with Gasteiger partial charge in [-0.2, -0.15) is 4.31 Å². The quantitative estimate of drug-likeness (QED) is 0.791. The van der Waals surface area contributed by atoms with Crippen molar-refractivity contribution in [2.45, 2.75) is 31.6 Å². The van der Waals surface area contributed by atoms with Crippen LogP contribution in [0.25, 0.3) is 0 Å². The standard InChI is InChI=1S/C18H23N3O4S2/c1-13-14(2)26-18(19-13)20-17(22)8-5-15-3-6-16(7-4-15)27(23,24)21-9-11-25-12-10-21/h3-4,6-7H,5,8-12H2,1-2H3,(H,19,20,22). The first-order valence-corrected chi connectivity index (χ1v) is 11.0. The monoisotopic (exact) mass is 409 g/mol. The van der Waals surface area contributed by atoms with Gasteiger partial charge < -0.3 is 10.1 Å². The summed E-state index contributed by atoms with van der Waals surface area (Å²) in [5.41, 5.74) is 1.84. The van der Waals surface area contributed by atoms with Crippen molar-refractivity contribution in [1.29, 1.82) is 0 Å². The van der Waals surface area contributed by atoms with Gasteiger partial charge in [-0.15, -0.1) is 11.3 Å². The number of thiazole rings is 1. The van der Waals surface area contributed by atoms with E-state index < -0.39 is 10.0 Å². The maximum Gasteiger partial charge on any atom is 0.243 e. The van der Waals surface area contributed by atoms with Gasteiger partial charge in [-0.25, -0.2) is 13.4 Å². The van der Waals surface area contributed by atoms with Crippen LogP contribution in [0.5, 0.6) is 0 Å². The lowest BCUT2D eigenvalue weighted by molar-refractivity contribution is -0.116. The number of aromatic nitrogens is 1. The third kappa shape index (κ3) is 4.92. The minimum absolute atomic E-state index is 0.103. The van der Waals surface area contributed by atoms with Crippen LogP contribution >= 0.6 is 11.3 Å². The maximum absolute atomic E-state index is 12.6. The fraction of sp³-hybridized carbons (Fsp3) is 0.444. The Kier molecular flexibility index (Phi) is 6.25. The number of carbonyl (C=O) groups is 1. The molecule has 3 rings (SSSR count). The first-order chi connectivity index (χ1) is 12.9. The van der Waals surface area contributed by atoms with E-state index in [1.165, 1.54) is 15.6 Å². The summed E-state index contributed by atoms with van der Waals surface area (Å²) in [6.45, 7) is 5.47. The summed E-state index contributed by atoms with van der Waals surface area (Å²) < 4.78 is 31.8. The van der Waals surface area contributed by atoms with E-state index in [2.05, 4.69) is 10.3 Å².